The van der Waals surface area contributed by atoms with E-state index in [0.29, 0.717) is 35.4 Å². The molecule has 8 nitrogen and oxygen atoms in total. The molecule has 1 aliphatic heterocycles. The first kappa shape index (κ1) is 25.4. The number of carbonyl (C=O) groups is 2. The molecule has 0 saturated carbocycles. The van der Waals surface area contributed by atoms with Crippen molar-refractivity contribution in [2.45, 2.75) is 31.6 Å². The molecular formula is C29H26N2O6S. The number of allylic oxidation sites excluding steroid dienone is 3. The molecule has 0 unspecified atom stereocenters. The lowest BCUT2D eigenvalue weighted by atomic mass is 9.72. The third kappa shape index (κ3) is 5.24. The minimum Gasteiger partial charge on any atom is -0.490 e. The molecule has 0 radical (unpaired) electrons. The van der Waals surface area contributed by atoms with Crippen LogP contribution in [0.4, 0.5) is 5.69 Å². The maximum absolute atomic E-state index is 13.6. The molecule has 0 bridgehead atoms. The van der Waals surface area contributed by atoms with Crippen LogP contribution in [-0.4, -0.2) is 29.9 Å². The van der Waals surface area contributed by atoms with Crippen LogP contribution < -0.4 is 10.1 Å². The zero-order valence-electron chi connectivity index (χ0n) is 20.7. The highest BCUT2D eigenvalue weighted by atomic mass is 32.1. The molecule has 38 heavy (non-hydrogen) atoms. The van der Waals surface area contributed by atoms with Gasteiger partial charge in [-0.25, -0.2) is 4.79 Å². The van der Waals surface area contributed by atoms with E-state index in [2.05, 4.69) is 5.32 Å². The maximum atomic E-state index is 13.6. The van der Waals surface area contributed by atoms with Crippen LogP contribution in [0.1, 0.15) is 42.0 Å². The number of carbonyl (C=O) groups excluding carboxylic acids is 2. The fourth-order valence-electron chi connectivity index (χ4n) is 5.07. The van der Waals surface area contributed by atoms with Crippen LogP contribution in [0.15, 0.2) is 94.7 Å². The van der Waals surface area contributed by atoms with E-state index in [9.17, 15) is 19.7 Å². The SMILES string of the molecule is CC1=C(C(=O)OCCOc2ccccc2)[C@H](c2cccc([N+](=O)[O-])c2)C2=C(C[C@H](c3cccs3)CC2=O)N1. The van der Waals surface area contributed by atoms with Crippen molar-refractivity contribution in [3.05, 3.63) is 115 Å². The van der Waals surface area contributed by atoms with Gasteiger partial charge in [-0.3, -0.25) is 14.9 Å². The molecule has 5 rings (SSSR count). The van der Waals surface area contributed by atoms with Gasteiger partial charge in [0.1, 0.15) is 19.0 Å². The van der Waals surface area contributed by atoms with Crippen LogP contribution in [0.2, 0.25) is 0 Å². The highest BCUT2D eigenvalue weighted by molar-refractivity contribution is 7.10. The van der Waals surface area contributed by atoms with Crippen molar-refractivity contribution in [3.63, 3.8) is 0 Å². The Hall–Kier alpha value is -4.24. The van der Waals surface area contributed by atoms with Crippen molar-refractivity contribution < 1.29 is 24.0 Å². The molecule has 1 aliphatic carbocycles. The number of rotatable bonds is 8. The zero-order chi connectivity index (χ0) is 26.6. The summed E-state index contributed by atoms with van der Waals surface area (Å²) in [5.41, 5.74) is 2.45. The van der Waals surface area contributed by atoms with Gasteiger partial charge in [-0.05, 0) is 42.5 Å². The van der Waals surface area contributed by atoms with Crippen LogP contribution in [0.25, 0.3) is 0 Å². The first-order valence-electron chi connectivity index (χ1n) is 12.3. The summed E-state index contributed by atoms with van der Waals surface area (Å²) in [4.78, 5) is 39.2. The molecule has 3 aromatic rings. The number of ketones is 1. The number of nitro groups is 1. The number of hydrogen-bond acceptors (Lipinski definition) is 8. The summed E-state index contributed by atoms with van der Waals surface area (Å²) in [6.45, 7) is 1.93. The van der Waals surface area contributed by atoms with Gasteiger partial charge in [0.25, 0.3) is 5.69 Å². The van der Waals surface area contributed by atoms with E-state index in [1.54, 1.807) is 30.4 Å². The van der Waals surface area contributed by atoms with Gasteiger partial charge in [0.15, 0.2) is 5.78 Å². The Balaban J connectivity index is 1.45. The molecule has 9 heteroatoms. The molecule has 2 aromatic carbocycles. The van der Waals surface area contributed by atoms with Gasteiger partial charge in [0.2, 0.25) is 0 Å². The monoisotopic (exact) mass is 530 g/mol. The number of non-ortho nitro benzene ring substituents is 1. The van der Waals surface area contributed by atoms with Gasteiger partial charge in [-0.1, -0.05) is 36.4 Å². The number of para-hydroxylation sites is 1. The number of ether oxygens (including phenoxy) is 2. The summed E-state index contributed by atoms with van der Waals surface area (Å²) < 4.78 is 11.2. The topological polar surface area (TPSA) is 108 Å². The largest absolute Gasteiger partial charge is 0.490 e. The lowest BCUT2D eigenvalue weighted by Crippen LogP contribution is -2.36. The number of thiophene rings is 1. The molecule has 0 fully saturated rings. The van der Waals surface area contributed by atoms with E-state index >= 15 is 0 Å². The van der Waals surface area contributed by atoms with Crippen molar-refractivity contribution in [1.29, 1.82) is 0 Å². The third-order valence-electron chi connectivity index (χ3n) is 6.74. The van der Waals surface area contributed by atoms with E-state index in [1.165, 1.54) is 12.1 Å². The van der Waals surface area contributed by atoms with Crippen molar-refractivity contribution in [3.8, 4) is 5.75 Å². The van der Waals surface area contributed by atoms with E-state index in [-0.39, 0.29) is 36.2 Å². The lowest BCUT2D eigenvalue weighted by molar-refractivity contribution is -0.384. The minimum atomic E-state index is -0.773. The minimum absolute atomic E-state index is 0.00642. The Kier molecular flexibility index (Phi) is 7.37. The Morgan fingerprint density at radius 3 is 2.63 bits per heavy atom. The predicted molar refractivity (Wildman–Crippen MR) is 143 cm³/mol. The number of hydrogen-bond donors (Lipinski definition) is 1. The van der Waals surface area contributed by atoms with Gasteiger partial charge in [-0.2, -0.15) is 0 Å². The van der Waals surface area contributed by atoms with Crippen molar-refractivity contribution in [2.75, 3.05) is 13.2 Å². The van der Waals surface area contributed by atoms with Gasteiger partial charge in [-0.15, -0.1) is 11.3 Å². The number of esters is 1. The van der Waals surface area contributed by atoms with Crippen LogP contribution in [0.5, 0.6) is 5.75 Å². The molecule has 1 aromatic heterocycles. The molecule has 0 saturated heterocycles. The van der Waals surface area contributed by atoms with E-state index in [4.69, 9.17) is 9.47 Å². The summed E-state index contributed by atoms with van der Waals surface area (Å²) >= 11 is 1.61. The van der Waals surface area contributed by atoms with Crippen LogP contribution in [0.3, 0.4) is 0 Å². The van der Waals surface area contributed by atoms with Gasteiger partial charge < -0.3 is 14.8 Å². The fourth-order valence-corrected chi connectivity index (χ4v) is 5.90. The van der Waals surface area contributed by atoms with Crippen LogP contribution in [0, 0.1) is 10.1 Å². The number of dihydropyridines is 1. The highest BCUT2D eigenvalue weighted by Gasteiger charge is 2.42. The second-order valence-electron chi connectivity index (χ2n) is 9.18. The third-order valence-corrected chi connectivity index (χ3v) is 7.77. The number of nitrogens with zero attached hydrogens (tertiary/aromatic N) is 1. The number of nitrogens with one attached hydrogen (secondary N) is 1. The van der Waals surface area contributed by atoms with Gasteiger partial charge >= 0.3 is 5.97 Å². The van der Waals surface area contributed by atoms with E-state index < -0.39 is 16.8 Å². The maximum Gasteiger partial charge on any atom is 0.336 e. The molecule has 0 spiro atoms. The average Bonchev–Trinajstić information content (AvgIpc) is 3.46. The highest BCUT2D eigenvalue weighted by Crippen LogP contribution is 2.46. The first-order valence-corrected chi connectivity index (χ1v) is 13.2. The van der Waals surface area contributed by atoms with Gasteiger partial charge in [0, 0.05) is 52.2 Å². The Bertz CT molecular complexity index is 1430. The molecule has 1 N–H and O–H groups in total. The molecular weight excluding hydrogens is 504 g/mol. The quantitative estimate of drug-likeness (QED) is 0.174. The lowest BCUT2D eigenvalue weighted by Gasteiger charge is -2.36. The first-order chi connectivity index (χ1) is 18.4. The summed E-state index contributed by atoms with van der Waals surface area (Å²) in [6, 6.07) is 19.3. The summed E-state index contributed by atoms with van der Waals surface area (Å²) in [5.74, 6) is -0.751. The summed E-state index contributed by atoms with van der Waals surface area (Å²) in [5, 5.41) is 16.8. The molecule has 2 atom stereocenters. The average molecular weight is 531 g/mol. The second-order valence-corrected chi connectivity index (χ2v) is 10.2. The van der Waals surface area contributed by atoms with Gasteiger partial charge in [0.05, 0.1) is 10.5 Å². The van der Waals surface area contributed by atoms with Crippen molar-refractivity contribution in [1.82, 2.24) is 5.32 Å². The Labute approximate surface area is 223 Å². The predicted octanol–water partition coefficient (Wildman–Crippen LogP) is 5.64. The molecule has 2 heterocycles. The second kappa shape index (κ2) is 11.0. The molecule has 2 aliphatic rings. The number of Topliss-reactive ketones (excluding diaryl/α,β-unsaturated/α-hetero) is 1. The molecule has 194 valence electrons. The van der Waals surface area contributed by atoms with Crippen LogP contribution in [-0.2, 0) is 14.3 Å². The normalized spacial score (nSPS) is 19.0. The van der Waals surface area contributed by atoms with Crippen LogP contribution >= 0.6 is 11.3 Å². The number of benzene rings is 2. The van der Waals surface area contributed by atoms with Crippen molar-refractivity contribution >= 4 is 28.8 Å². The Morgan fingerprint density at radius 1 is 1.08 bits per heavy atom. The molecule has 0 amide bonds. The van der Waals surface area contributed by atoms with E-state index in [1.807, 2.05) is 47.8 Å². The summed E-state index contributed by atoms with van der Waals surface area (Å²) in [6.07, 6.45) is 0.913. The zero-order valence-corrected chi connectivity index (χ0v) is 21.5. The van der Waals surface area contributed by atoms with E-state index in [0.717, 1.165) is 10.6 Å². The van der Waals surface area contributed by atoms with Crippen molar-refractivity contribution in [2.24, 2.45) is 0 Å². The number of nitro benzene ring substituents is 1. The summed E-state index contributed by atoms with van der Waals surface area (Å²) in [7, 11) is 0. The Morgan fingerprint density at radius 2 is 1.89 bits per heavy atom. The smallest absolute Gasteiger partial charge is 0.336 e. The standard InChI is InChI=1S/C29H26N2O6S/c1-18-26(29(33)37-13-12-36-22-9-3-2-4-10-22)27(19-7-5-8-21(15-19)31(34)35)28-23(30-18)16-20(17-24(28)32)25-11-6-14-38-25/h2-11,14-15,20,27,30H,12-13,16-17H2,1H3/t20-,27-/m0/s1. The fraction of sp³-hybridized carbons (Fsp3) is 0.241.